The lowest BCUT2D eigenvalue weighted by molar-refractivity contribution is 0.103. The summed E-state index contributed by atoms with van der Waals surface area (Å²) in [6, 6.07) is 20.1. The van der Waals surface area contributed by atoms with Gasteiger partial charge in [-0.05, 0) is 68.1 Å². The minimum absolute atomic E-state index is 0.249. The van der Waals surface area contributed by atoms with Crippen molar-refractivity contribution >= 4 is 38.8 Å². The Balaban J connectivity index is 1.69. The van der Waals surface area contributed by atoms with Crippen LogP contribution in [0.15, 0.2) is 60.7 Å². The van der Waals surface area contributed by atoms with E-state index in [1.807, 2.05) is 45.0 Å². The molecule has 0 unspecified atom stereocenters. The van der Waals surface area contributed by atoms with Gasteiger partial charge >= 0.3 is 0 Å². The summed E-state index contributed by atoms with van der Waals surface area (Å²) in [5, 5.41) is 3.84. The number of hydrogen-bond donors (Lipinski definition) is 2. The maximum atomic E-state index is 13.6. The number of benzene rings is 3. The van der Waals surface area contributed by atoms with Crippen LogP contribution in [0.1, 0.15) is 31.9 Å². The van der Waals surface area contributed by atoms with E-state index in [9.17, 15) is 4.79 Å². The maximum Gasteiger partial charge on any atom is 0.267 e. The Bertz CT molecular complexity index is 1700. The normalized spacial score (nSPS) is 11.0. The van der Waals surface area contributed by atoms with Crippen LogP contribution < -0.4 is 20.5 Å². The molecule has 0 spiro atoms. The molecule has 0 bridgehead atoms. The van der Waals surface area contributed by atoms with Crippen LogP contribution in [-0.2, 0) is 0 Å². The van der Waals surface area contributed by atoms with E-state index >= 15 is 0 Å². The molecule has 0 aliphatic heterocycles. The second kappa shape index (κ2) is 10.4. The average Bonchev–Trinajstić information content (AvgIpc) is 3.26. The molecule has 5 aromatic rings. The number of hydrogen-bond acceptors (Lipinski definition) is 6. The van der Waals surface area contributed by atoms with E-state index in [2.05, 4.69) is 48.6 Å². The molecule has 2 aromatic heterocycles. The Morgan fingerprint density at radius 2 is 1.46 bits per heavy atom. The van der Waals surface area contributed by atoms with Gasteiger partial charge in [-0.1, -0.05) is 53.6 Å². The fourth-order valence-corrected chi connectivity index (χ4v) is 5.96. The van der Waals surface area contributed by atoms with Crippen LogP contribution in [0.2, 0.25) is 0 Å². The van der Waals surface area contributed by atoms with Crippen LogP contribution in [0, 0.1) is 27.7 Å². The van der Waals surface area contributed by atoms with Crippen molar-refractivity contribution in [3.05, 3.63) is 87.8 Å². The minimum Gasteiger partial charge on any atom is -0.493 e. The Labute approximate surface area is 232 Å². The molecule has 3 N–H and O–H groups in total. The van der Waals surface area contributed by atoms with E-state index in [0.29, 0.717) is 26.9 Å². The molecule has 0 atom stereocenters. The molecular weight excluding hydrogens is 506 g/mol. The minimum atomic E-state index is -0.249. The maximum absolute atomic E-state index is 13.6. The highest BCUT2D eigenvalue weighted by molar-refractivity contribution is 7.21. The molecule has 2 heterocycles. The predicted octanol–water partition coefficient (Wildman–Crippen LogP) is 7.72. The number of carbonyl (C=O) groups excluding carboxylic acids is 1. The van der Waals surface area contributed by atoms with Crippen LogP contribution >= 0.6 is 11.3 Å². The number of rotatable bonds is 6. The topological polar surface area (TPSA) is 86.5 Å². The summed E-state index contributed by atoms with van der Waals surface area (Å²) in [7, 11) is 3.22. The number of aryl methyl sites for hydroxylation is 4. The van der Waals surface area contributed by atoms with Crippen molar-refractivity contribution in [3.8, 4) is 33.9 Å². The molecule has 0 saturated carbocycles. The molecule has 6 nitrogen and oxygen atoms in total. The monoisotopic (exact) mass is 537 g/mol. The summed E-state index contributed by atoms with van der Waals surface area (Å²) in [6.45, 7) is 8.09. The molecule has 7 heteroatoms. The Hall–Kier alpha value is -4.36. The molecular formula is C32H31N3O3S. The van der Waals surface area contributed by atoms with E-state index < -0.39 is 0 Å². The Morgan fingerprint density at radius 3 is 2.10 bits per heavy atom. The largest absolute Gasteiger partial charge is 0.493 e. The van der Waals surface area contributed by atoms with Gasteiger partial charge < -0.3 is 20.5 Å². The highest BCUT2D eigenvalue weighted by Gasteiger charge is 2.23. The third-order valence-corrected chi connectivity index (χ3v) is 7.96. The zero-order chi connectivity index (χ0) is 27.8. The first-order chi connectivity index (χ1) is 18.7. The van der Waals surface area contributed by atoms with E-state index in [-0.39, 0.29) is 5.91 Å². The van der Waals surface area contributed by atoms with E-state index in [0.717, 1.165) is 50.1 Å². The Kier molecular flexibility index (Phi) is 7.02. The van der Waals surface area contributed by atoms with Crippen LogP contribution in [0.25, 0.3) is 32.6 Å². The number of anilines is 2. The number of aromatic nitrogens is 1. The first-order valence-electron chi connectivity index (χ1n) is 12.6. The number of nitrogens with two attached hydrogens (primary N) is 1. The van der Waals surface area contributed by atoms with Crippen molar-refractivity contribution in [1.82, 2.24) is 4.98 Å². The number of methoxy groups -OCH3 is 2. The van der Waals surface area contributed by atoms with Crippen LogP contribution in [0.4, 0.5) is 11.4 Å². The van der Waals surface area contributed by atoms with E-state index in [4.69, 9.17) is 20.2 Å². The number of ether oxygens (including phenoxy) is 2. The van der Waals surface area contributed by atoms with Gasteiger partial charge in [0.25, 0.3) is 5.91 Å². The van der Waals surface area contributed by atoms with Gasteiger partial charge in [0.2, 0.25) is 0 Å². The highest BCUT2D eigenvalue weighted by Crippen LogP contribution is 2.43. The predicted molar refractivity (Wildman–Crippen MR) is 161 cm³/mol. The van der Waals surface area contributed by atoms with E-state index in [1.165, 1.54) is 16.9 Å². The lowest BCUT2D eigenvalue weighted by atomic mass is 9.98. The molecule has 5 rings (SSSR count). The number of carbonyl (C=O) groups is 1. The van der Waals surface area contributed by atoms with Gasteiger partial charge in [-0.25, -0.2) is 4.98 Å². The Morgan fingerprint density at radius 1 is 0.821 bits per heavy atom. The number of nitrogens with zero attached hydrogens (tertiary/aromatic N) is 1. The fraction of sp³-hybridized carbons (Fsp3) is 0.188. The molecule has 0 saturated heterocycles. The van der Waals surface area contributed by atoms with Crippen molar-refractivity contribution in [2.75, 3.05) is 25.3 Å². The van der Waals surface area contributed by atoms with Gasteiger partial charge in [-0.2, -0.15) is 0 Å². The standard InChI is InChI=1S/C32H31N3O3S/c1-17-7-9-21(10-8-17)24-16-23(22-11-12-25(37-5)26(15-22)38-6)27-28(33)30(39-32(27)34-24)31(36)35-29-19(3)13-18(2)14-20(29)4/h7-16H,33H2,1-6H3,(H,35,36). The fourth-order valence-electron chi connectivity index (χ4n) is 4.94. The molecule has 3 aromatic carbocycles. The molecule has 1 amide bonds. The van der Waals surface area contributed by atoms with Crippen LogP contribution in [0.5, 0.6) is 11.5 Å². The third kappa shape index (κ3) is 4.93. The summed E-state index contributed by atoms with van der Waals surface area (Å²) in [6.07, 6.45) is 0. The molecule has 39 heavy (non-hydrogen) atoms. The number of fused-ring (bicyclic) bond motifs is 1. The molecule has 0 aliphatic carbocycles. The quantitative estimate of drug-likeness (QED) is 0.232. The number of nitrogens with one attached hydrogen (secondary N) is 1. The lowest BCUT2D eigenvalue weighted by Crippen LogP contribution is -2.14. The molecule has 0 fully saturated rings. The zero-order valence-corrected chi connectivity index (χ0v) is 23.7. The van der Waals surface area contributed by atoms with Crippen LogP contribution in [0.3, 0.4) is 0 Å². The highest BCUT2D eigenvalue weighted by atomic mass is 32.1. The number of pyridine rings is 1. The summed E-state index contributed by atoms with van der Waals surface area (Å²) >= 11 is 1.30. The molecule has 0 radical (unpaired) electrons. The van der Waals surface area contributed by atoms with Crippen molar-refractivity contribution in [2.24, 2.45) is 0 Å². The number of thiophene rings is 1. The van der Waals surface area contributed by atoms with Crippen molar-refractivity contribution in [3.63, 3.8) is 0 Å². The van der Waals surface area contributed by atoms with Gasteiger partial charge in [0.05, 0.1) is 25.6 Å². The van der Waals surface area contributed by atoms with Crippen molar-refractivity contribution < 1.29 is 14.3 Å². The summed E-state index contributed by atoms with van der Waals surface area (Å²) in [4.78, 5) is 19.7. The smallest absolute Gasteiger partial charge is 0.267 e. The van der Waals surface area contributed by atoms with Crippen LogP contribution in [-0.4, -0.2) is 25.1 Å². The SMILES string of the molecule is COc1ccc(-c2cc(-c3ccc(C)cc3)nc3sc(C(=O)Nc4c(C)cc(C)cc4C)c(N)c23)cc1OC. The van der Waals surface area contributed by atoms with Gasteiger partial charge in [0.1, 0.15) is 9.71 Å². The van der Waals surface area contributed by atoms with Crippen molar-refractivity contribution in [1.29, 1.82) is 0 Å². The number of amides is 1. The van der Waals surface area contributed by atoms with Gasteiger partial charge in [-0.15, -0.1) is 11.3 Å². The lowest BCUT2D eigenvalue weighted by Gasteiger charge is -2.13. The average molecular weight is 538 g/mol. The van der Waals surface area contributed by atoms with Gasteiger partial charge in [0, 0.05) is 16.6 Å². The zero-order valence-electron chi connectivity index (χ0n) is 22.9. The first kappa shape index (κ1) is 26.3. The second-order valence-electron chi connectivity index (χ2n) is 9.74. The first-order valence-corrected chi connectivity index (χ1v) is 13.4. The summed E-state index contributed by atoms with van der Waals surface area (Å²) in [5.41, 5.74) is 15.8. The molecule has 0 aliphatic rings. The molecule has 198 valence electrons. The van der Waals surface area contributed by atoms with E-state index in [1.54, 1.807) is 14.2 Å². The number of nitrogen functional groups attached to an aromatic ring is 1. The summed E-state index contributed by atoms with van der Waals surface area (Å²) < 4.78 is 11.0. The third-order valence-electron chi connectivity index (χ3n) is 6.86. The van der Waals surface area contributed by atoms with Crippen molar-refractivity contribution in [2.45, 2.75) is 27.7 Å². The summed E-state index contributed by atoms with van der Waals surface area (Å²) in [5.74, 6) is 0.988. The van der Waals surface area contributed by atoms with Gasteiger partial charge in [0.15, 0.2) is 11.5 Å². The second-order valence-corrected chi connectivity index (χ2v) is 10.7. The van der Waals surface area contributed by atoms with Gasteiger partial charge in [-0.3, -0.25) is 4.79 Å².